The van der Waals surface area contributed by atoms with Crippen molar-refractivity contribution in [3.8, 4) is 5.75 Å². The van der Waals surface area contributed by atoms with Crippen LogP contribution in [0.4, 0.5) is 4.79 Å². The van der Waals surface area contributed by atoms with Crippen molar-refractivity contribution in [3.63, 3.8) is 0 Å². The molecule has 11 heteroatoms. The summed E-state index contributed by atoms with van der Waals surface area (Å²) in [4.78, 5) is 41.4. The summed E-state index contributed by atoms with van der Waals surface area (Å²) in [6.07, 6.45) is 6.65. The largest absolute Gasteiger partial charge is 0.506 e. The molecule has 208 valence electrons. The molecule has 1 heterocycles. The van der Waals surface area contributed by atoms with Gasteiger partial charge >= 0.3 is 11.0 Å². The maximum Gasteiger partial charge on any atom is 0.410 e. The molecular weight excluding hydrogens is 510 g/mol. The first-order valence-electron chi connectivity index (χ1n) is 12.5. The van der Waals surface area contributed by atoms with E-state index >= 15 is 0 Å². The summed E-state index contributed by atoms with van der Waals surface area (Å²) in [6, 6.07) is 3.33. The minimum Gasteiger partial charge on any atom is -0.506 e. The van der Waals surface area contributed by atoms with E-state index in [0.717, 1.165) is 16.9 Å². The van der Waals surface area contributed by atoms with Crippen LogP contribution in [-0.2, 0) is 25.4 Å². The Balaban J connectivity index is 1.61. The van der Waals surface area contributed by atoms with Crippen LogP contribution in [0.15, 0.2) is 40.7 Å². The van der Waals surface area contributed by atoms with Gasteiger partial charge in [0.15, 0.2) is 6.29 Å². The number of phenols is 1. The van der Waals surface area contributed by atoms with Gasteiger partial charge in [0, 0.05) is 32.9 Å². The maximum atomic E-state index is 13.0. The van der Waals surface area contributed by atoms with Gasteiger partial charge in [0.2, 0.25) is 0 Å². The Bertz CT molecular complexity index is 1240. The van der Waals surface area contributed by atoms with Gasteiger partial charge in [0.05, 0.1) is 11.2 Å². The number of carbonyl (C=O) groups is 2. The molecular formula is C27H37N3O7S. The van der Waals surface area contributed by atoms with Crippen molar-refractivity contribution in [1.29, 1.82) is 0 Å². The average Bonchev–Trinajstić information content (AvgIpc) is 3.27. The van der Waals surface area contributed by atoms with Crippen molar-refractivity contribution in [3.05, 3.63) is 51.2 Å². The van der Waals surface area contributed by atoms with Crippen LogP contribution < -0.4 is 10.2 Å². The third-order valence-electron chi connectivity index (χ3n) is 6.12. The number of nitrogens with zero attached hydrogens (tertiary/aromatic N) is 1. The second-order valence-electron chi connectivity index (χ2n) is 10.1. The third-order valence-corrected chi connectivity index (χ3v) is 7.08. The Morgan fingerprint density at radius 2 is 1.97 bits per heavy atom. The molecule has 1 aromatic carbocycles. The highest BCUT2D eigenvalue weighted by Gasteiger charge is 2.24. The molecule has 2 amide bonds. The first kappa shape index (κ1) is 29.4. The van der Waals surface area contributed by atoms with Gasteiger partial charge < -0.3 is 34.5 Å². The third kappa shape index (κ3) is 8.17. The number of rotatable bonds is 11. The Morgan fingerprint density at radius 3 is 2.61 bits per heavy atom. The van der Waals surface area contributed by atoms with Crippen molar-refractivity contribution < 1.29 is 28.9 Å². The van der Waals surface area contributed by atoms with Gasteiger partial charge in [0.1, 0.15) is 16.9 Å². The van der Waals surface area contributed by atoms with Crippen LogP contribution in [0.3, 0.4) is 0 Å². The molecule has 1 unspecified atom stereocenters. The highest BCUT2D eigenvalue weighted by molar-refractivity contribution is 7.16. The van der Waals surface area contributed by atoms with E-state index in [0.29, 0.717) is 48.1 Å². The lowest BCUT2D eigenvalue weighted by atomic mass is 9.93. The number of amides is 2. The number of hydrogen-bond donors (Lipinski definition) is 3. The van der Waals surface area contributed by atoms with Crippen molar-refractivity contribution in [2.24, 2.45) is 5.92 Å². The number of ether oxygens (including phenoxy) is 3. The molecule has 0 radical (unpaired) electrons. The highest BCUT2D eigenvalue weighted by atomic mass is 32.1. The number of allylic oxidation sites excluding steroid dienone is 2. The van der Waals surface area contributed by atoms with E-state index in [9.17, 15) is 19.5 Å². The normalized spacial score (nSPS) is 15.5. The molecule has 0 aliphatic heterocycles. The van der Waals surface area contributed by atoms with Gasteiger partial charge in [-0.05, 0) is 57.6 Å². The fourth-order valence-corrected chi connectivity index (χ4v) is 4.95. The molecule has 3 rings (SSSR count). The molecule has 0 saturated heterocycles. The smallest absolute Gasteiger partial charge is 0.410 e. The fraction of sp³-hybridized carbons (Fsp3) is 0.519. The number of thiazole rings is 1. The SMILES string of the molecule is COC(CNC(=O)C1=CCC(CCN(CCc2ccc(O)c3[nH]c(=O)sc23)C(=O)OC(C)(C)C)C=C1)OC. The van der Waals surface area contributed by atoms with Gasteiger partial charge in [-0.15, -0.1) is 0 Å². The number of aromatic hydroxyl groups is 1. The first-order valence-corrected chi connectivity index (χ1v) is 13.4. The van der Waals surface area contributed by atoms with Crippen LogP contribution in [0.5, 0.6) is 5.75 Å². The number of aromatic nitrogens is 1. The number of hydrogen-bond acceptors (Lipinski definition) is 8. The van der Waals surface area contributed by atoms with E-state index in [1.807, 2.05) is 32.9 Å². The van der Waals surface area contributed by atoms with Crippen molar-refractivity contribution >= 4 is 33.6 Å². The summed E-state index contributed by atoms with van der Waals surface area (Å²) in [5.74, 6) is -0.00700. The van der Waals surface area contributed by atoms with Crippen LogP contribution in [0.25, 0.3) is 10.2 Å². The van der Waals surface area contributed by atoms with Gasteiger partial charge in [-0.1, -0.05) is 35.6 Å². The van der Waals surface area contributed by atoms with Crippen molar-refractivity contribution in [2.75, 3.05) is 33.9 Å². The quantitative estimate of drug-likeness (QED) is 0.366. The second kappa shape index (κ2) is 13.1. The molecule has 1 aliphatic carbocycles. The van der Waals surface area contributed by atoms with Gasteiger partial charge in [-0.3, -0.25) is 9.59 Å². The molecule has 38 heavy (non-hydrogen) atoms. The Morgan fingerprint density at radius 1 is 1.24 bits per heavy atom. The standard InChI is InChI=1S/C27H37N3O7S/c1-27(2,3)37-26(34)30(15-13-18-10-11-20(31)22-23(18)38-25(33)29-22)14-12-17-6-8-19(9-7-17)24(32)28-16-21(35-4)36-5/h6,8-11,17,21,31H,7,12-16H2,1-5H3,(H,28,32)(H,29,33). The Labute approximate surface area is 226 Å². The van der Waals surface area contributed by atoms with E-state index in [1.165, 1.54) is 14.2 Å². The Kier molecular flexibility index (Phi) is 10.1. The van der Waals surface area contributed by atoms with Crippen LogP contribution in [0.2, 0.25) is 0 Å². The molecule has 0 spiro atoms. The first-order chi connectivity index (χ1) is 18.0. The monoisotopic (exact) mass is 547 g/mol. The molecule has 1 aliphatic rings. The van der Waals surface area contributed by atoms with E-state index in [4.69, 9.17) is 14.2 Å². The lowest BCUT2D eigenvalue weighted by Crippen LogP contribution is -2.39. The Hall–Kier alpha value is -3.15. The second-order valence-corrected chi connectivity index (χ2v) is 11.1. The summed E-state index contributed by atoms with van der Waals surface area (Å²) >= 11 is 1.04. The predicted molar refractivity (Wildman–Crippen MR) is 146 cm³/mol. The molecule has 0 saturated carbocycles. The highest BCUT2D eigenvalue weighted by Crippen LogP contribution is 2.28. The summed E-state index contributed by atoms with van der Waals surface area (Å²) in [6.45, 7) is 6.58. The van der Waals surface area contributed by atoms with Crippen LogP contribution in [0, 0.1) is 5.92 Å². The number of aromatic amines is 1. The van der Waals surface area contributed by atoms with Crippen molar-refractivity contribution in [2.45, 2.75) is 51.9 Å². The molecule has 3 N–H and O–H groups in total. The zero-order chi connectivity index (χ0) is 27.9. The molecule has 0 bridgehead atoms. The lowest BCUT2D eigenvalue weighted by Gasteiger charge is -2.28. The molecule has 1 aromatic heterocycles. The van der Waals surface area contributed by atoms with Gasteiger partial charge in [-0.25, -0.2) is 4.79 Å². The maximum absolute atomic E-state index is 13.0. The van der Waals surface area contributed by atoms with Crippen LogP contribution in [0.1, 0.15) is 39.2 Å². The molecule has 0 fully saturated rings. The van der Waals surface area contributed by atoms with E-state index < -0.39 is 18.0 Å². The molecule has 1 atom stereocenters. The average molecular weight is 548 g/mol. The van der Waals surface area contributed by atoms with Crippen molar-refractivity contribution in [1.82, 2.24) is 15.2 Å². The summed E-state index contributed by atoms with van der Waals surface area (Å²) in [7, 11) is 3.03. The zero-order valence-electron chi connectivity index (χ0n) is 22.5. The number of benzene rings is 1. The minimum absolute atomic E-state index is 0.0218. The number of nitrogens with one attached hydrogen (secondary N) is 2. The van der Waals surface area contributed by atoms with Gasteiger partial charge in [0.25, 0.3) is 5.91 Å². The molecule has 10 nitrogen and oxygen atoms in total. The number of methoxy groups -OCH3 is 2. The summed E-state index contributed by atoms with van der Waals surface area (Å²) in [5.41, 5.74) is 1.23. The van der Waals surface area contributed by atoms with Gasteiger partial charge in [-0.2, -0.15) is 0 Å². The molecule has 2 aromatic rings. The van der Waals surface area contributed by atoms with Crippen LogP contribution in [-0.4, -0.2) is 72.7 Å². The number of carbonyl (C=O) groups excluding carboxylic acids is 2. The van der Waals surface area contributed by atoms with E-state index in [-0.39, 0.29) is 29.0 Å². The lowest BCUT2D eigenvalue weighted by molar-refractivity contribution is -0.124. The topological polar surface area (TPSA) is 130 Å². The summed E-state index contributed by atoms with van der Waals surface area (Å²) in [5, 5.41) is 12.9. The van der Waals surface area contributed by atoms with Crippen LogP contribution >= 0.6 is 11.3 Å². The number of H-pyrrole nitrogens is 1. The number of phenolic OH excluding ortho intramolecular Hbond substituents is 1. The fourth-order valence-electron chi connectivity index (χ4n) is 4.06. The van der Waals surface area contributed by atoms with E-state index in [1.54, 1.807) is 23.1 Å². The minimum atomic E-state index is -0.637. The number of fused-ring (bicyclic) bond motifs is 1. The van der Waals surface area contributed by atoms with E-state index in [2.05, 4.69) is 10.3 Å². The predicted octanol–water partition coefficient (Wildman–Crippen LogP) is 3.70. The zero-order valence-corrected chi connectivity index (χ0v) is 23.4. The summed E-state index contributed by atoms with van der Waals surface area (Å²) < 4.78 is 16.5.